The van der Waals surface area contributed by atoms with E-state index in [4.69, 9.17) is 20.3 Å². The van der Waals surface area contributed by atoms with Crippen LogP contribution in [0.2, 0.25) is 0 Å². The fourth-order valence-electron chi connectivity index (χ4n) is 3.28. The van der Waals surface area contributed by atoms with Crippen molar-refractivity contribution in [2.24, 2.45) is 5.73 Å². The van der Waals surface area contributed by atoms with Crippen LogP contribution in [-0.4, -0.2) is 43.2 Å². The maximum Gasteiger partial charge on any atom is 0.255 e. The molecule has 3 rings (SSSR count). The van der Waals surface area contributed by atoms with Crippen LogP contribution in [-0.2, 0) is 16.0 Å². The van der Waals surface area contributed by atoms with Gasteiger partial charge in [-0.1, -0.05) is 12.1 Å². The minimum atomic E-state index is -0.531. The first-order valence-corrected chi connectivity index (χ1v) is 9.80. The van der Waals surface area contributed by atoms with Crippen LogP contribution in [0.15, 0.2) is 48.0 Å². The van der Waals surface area contributed by atoms with E-state index in [0.29, 0.717) is 35.6 Å². The highest BCUT2D eigenvalue weighted by atomic mass is 16.5. The highest BCUT2D eigenvalue weighted by Gasteiger charge is 2.28. The summed E-state index contributed by atoms with van der Waals surface area (Å²) < 4.78 is 11.3. The van der Waals surface area contributed by atoms with Crippen LogP contribution in [0.4, 0.5) is 5.69 Å². The van der Waals surface area contributed by atoms with Crippen LogP contribution in [0.1, 0.15) is 24.0 Å². The number of hydrogen-bond acceptors (Lipinski definition) is 6. The van der Waals surface area contributed by atoms with Gasteiger partial charge < -0.3 is 30.4 Å². The zero-order chi connectivity index (χ0) is 21.5. The second-order valence-electron chi connectivity index (χ2n) is 7.15. The van der Waals surface area contributed by atoms with Crippen LogP contribution in [0.25, 0.3) is 6.08 Å². The number of aliphatic hydroxyl groups is 1. The molecule has 0 saturated heterocycles. The predicted molar refractivity (Wildman–Crippen MR) is 115 cm³/mol. The molecule has 0 spiro atoms. The van der Waals surface area contributed by atoms with Crippen molar-refractivity contribution >= 4 is 24.0 Å². The van der Waals surface area contributed by atoms with E-state index in [1.165, 1.54) is 0 Å². The quantitative estimate of drug-likeness (QED) is 0.547. The molecule has 0 saturated carbocycles. The second kappa shape index (κ2) is 10.0. The molecule has 158 valence electrons. The molecule has 1 aliphatic rings. The first-order chi connectivity index (χ1) is 14.5. The molecule has 4 N–H and O–H groups in total. The van der Waals surface area contributed by atoms with E-state index in [2.05, 4.69) is 5.32 Å². The highest BCUT2D eigenvalue weighted by molar-refractivity contribution is 6.08. The number of methoxy groups -OCH3 is 1. The van der Waals surface area contributed by atoms with Crippen molar-refractivity contribution in [3.63, 3.8) is 0 Å². The van der Waals surface area contributed by atoms with E-state index in [9.17, 15) is 9.59 Å². The van der Waals surface area contributed by atoms with Gasteiger partial charge in [0.25, 0.3) is 5.91 Å². The Bertz CT molecular complexity index is 924. The first-order valence-electron chi connectivity index (χ1n) is 9.80. The molecule has 2 atom stereocenters. The lowest BCUT2D eigenvalue weighted by atomic mass is 9.97. The van der Waals surface area contributed by atoms with Gasteiger partial charge in [0.1, 0.15) is 23.9 Å². The lowest BCUT2D eigenvalue weighted by Crippen LogP contribution is -2.30. The van der Waals surface area contributed by atoms with Crippen molar-refractivity contribution in [1.29, 1.82) is 0 Å². The third-order valence-corrected chi connectivity index (χ3v) is 4.90. The lowest BCUT2D eigenvalue weighted by molar-refractivity contribution is -0.114. The monoisotopic (exact) mass is 410 g/mol. The number of aldehydes is 1. The maximum atomic E-state index is 13.0. The Morgan fingerprint density at radius 1 is 1.30 bits per heavy atom. The third kappa shape index (κ3) is 5.25. The number of rotatable bonds is 9. The standard InChI is InChI=1S/C23H26N2O5/c1-29-19-9-6-16-12-20(21(3-2-10-26)30-22(16)13-19)23(28)25-18-7-4-15(5-8-18)11-17(24)14-27/h4-10,12-13,17,21,27H,2-3,11,14,24H2,1H3,(H,25,28)/t17-,21?/m0/s1. The SMILES string of the molecule is COc1ccc2c(c1)OC(CCC=O)C(C(=O)Nc1ccc(C[C@H](N)CO)cc1)=C2. The number of amides is 1. The van der Waals surface area contributed by atoms with Gasteiger partial charge in [-0.3, -0.25) is 4.79 Å². The average molecular weight is 410 g/mol. The van der Waals surface area contributed by atoms with Gasteiger partial charge in [-0.2, -0.15) is 0 Å². The van der Waals surface area contributed by atoms with Crippen molar-refractivity contribution in [2.45, 2.75) is 31.4 Å². The second-order valence-corrected chi connectivity index (χ2v) is 7.15. The summed E-state index contributed by atoms with van der Waals surface area (Å²) in [4.78, 5) is 23.8. The van der Waals surface area contributed by atoms with Crippen LogP contribution in [0, 0.1) is 0 Å². The molecule has 7 nitrogen and oxygen atoms in total. The molecule has 1 unspecified atom stereocenters. The predicted octanol–water partition coefficient (Wildman–Crippen LogP) is 2.32. The van der Waals surface area contributed by atoms with E-state index >= 15 is 0 Å². The van der Waals surface area contributed by atoms with Crippen molar-refractivity contribution in [1.82, 2.24) is 0 Å². The maximum absolute atomic E-state index is 13.0. The van der Waals surface area contributed by atoms with Gasteiger partial charge in [-0.15, -0.1) is 0 Å². The third-order valence-electron chi connectivity index (χ3n) is 4.90. The number of hydrogen-bond donors (Lipinski definition) is 3. The van der Waals surface area contributed by atoms with E-state index in [1.807, 2.05) is 18.2 Å². The minimum Gasteiger partial charge on any atom is -0.497 e. The number of nitrogens with two attached hydrogens (primary N) is 1. The largest absolute Gasteiger partial charge is 0.497 e. The van der Waals surface area contributed by atoms with E-state index in [0.717, 1.165) is 17.4 Å². The zero-order valence-corrected chi connectivity index (χ0v) is 16.8. The molecule has 1 heterocycles. The summed E-state index contributed by atoms with van der Waals surface area (Å²) in [5.74, 6) is 0.990. The average Bonchev–Trinajstić information content (AvgIpc) is 2.77. The van der Waals surface area contributed by atoms with Gasteiger partial charge in [-0.05, 0) is 48.7 Å². The Morgan fingerprint density at radius 2 is 2.07 bits per heavy atom. The van der Waals surface area contributed by atoms with Gasteiger partial charge in [0, 0.05) is 29.8 Å². The normalized spacial score (nSPS) is 16.0. The van der Waals surface area contributed by atoms with Gasteiger partial charge in [-0.25, -0.2) is 0 Å². The summed E-state index contributed by atoms with van der Waals surface area (Å²) in [5.41, 5.74) is 8.60. The molecule has 30 heavy (non-hydrogen) atoms. The van der Waals surface area contributed by atoms with Crippen molar-refractivity contribution in [3.05, 3.63) is 59.2 Å². The van der Waals surface area contributed by atoms with Crippen molar-refractivity contribution in [3.8, 4) is 11.5 Å². The molecular weight excluding hydrogens is 384 g/mol. The highest BCUT2D eigenvalue weighted by Crippen LogP contribution is 2.34. The number of carbonyl (C=O) groups is 2. The molecule has 1 amide bonds. The van der Waals surface area contributed by atoms with E-state index in [1.54, 1.807) is 37.5 Å². The zero-order valence-electron chi connectivity index (χ0n) is 16.8. The van der Waals surface area contributed by atoms with E-state index < -0.39 is 6.10 Å². The minimum absolute atomic E-state index is 0.0812. The molecule has 0 aromatic heterocycles. The van der Waals surface area contributed by atoms with Gasteiger partial charge in [0.05, 0.1) is 19.3 Å². The molecule has 0 aliphatic carbocycles. The topological polar surface area (TPSA) is 111 Å². The molecule has 1 aliphatic heterocycles. The summed E-state index contributed by atoms with van der Waals surface area (Å²) in [6.07, 6.45) is 3.31. The number of anilines is 1. The summed E-state index contributed by atoms with van der Waals surface area (Å²) >= 11 is 0. The van der Waals surface area contributed by atoms with Crippen molar-refractivity contribution < 1.29 is 24.2 Å². The number of fused-ring (bicyclic) bond motifs is 1. The molecule has 2 aromatic carbocycles. The lowest BCUT2D eigenvalue weighted by Gasteiger charge is -2.26. The fraction of sp³-hybridized carbons (Fsp3) is 0.304. The molecule has 0 radical (unpaired) electrons. The molecule has 0 bridgehead atoms. The number of ether oxygens (including phenoxy) is 2. The fourth-order valence-corrected chi connectivity index (χ4v) is 3.28. The van der Waals surface area contributed by atoms with Crippen LogP contribution in [0.3, 0.4) is 0 Å². The van der Waals surface area contributed by atoms with Gasteiger partial charge >= 0.3 is 0 Å². The molecule has 7 heteroatoms. The van der Waals surface area contributed by atoms with Crippen LogP contribution in [0.5, 0.6) is 11.5 Å². The van der Waals surface area contributed by atoms with Crippen LogP contribution < -0.4 is 20.5 Å². The Balaban J connectivity index is 1.78. The van der Waals surface area contributed by atoms with Crippen LogP contribution >= 0.6 is 0 Å². The van der Waals surface area contributed by atoms with Gasteiger partial charge in [0.15, 0.2) is 0 Å². The summed E-state index contributed by atoms with van der Waals surface area (Å²) in [6, 6.07) is 12.4. The number of nitrogens with one attached hydrogen (secondary N) is 1. The summed E-state index contributed by atoms with van der Waals surface area (Å²) in [7, 11) is 1.58. The van der Waals surface area contributed by atoms with Gasteiger partial charge in [0.2, 0.25) is 0 Å². The number of carbonyl (C=O) groups excluding carboxylic acids is 2. The Morgan fingerprint density at radius 3 is 2.73 bits per heavy atom. The van der Waals surface area contributed by atoms with Crippen molar-refractivity contribution in [2.75, 3.05) is 19.0 Å². The molecular formula is C23H26N2O5. The molecule has 2 aromatic rings. The molecule has 0 fully saturated rings. The Hall–Kier alpha value is -3.16. The number of aliphatic hydroxyl groups excluding tert-OH is 1. The first kappa shape index (κ1) is 21.5. The summed E-state index contributed by atoms with van der Waals surface area (Å²) in [5, 5.41) is 12.0. The smallest absolute Gasteiger partial charge is 0.255 e. The van der Waals surface area contributed by atoms with E-state index in [-0.39, 0.29) is 25.0 Å². The summed E-state index contributed by atoms with van der Waals surface area (Å²) in [6.45, 7) is -0.0812. The number of benzene rings is 2. The Kier molecular flexibility index (Phi) is 7.21. The Labute approximate surface area is 175 Å².